The molecule has 0 bridgehead atoms. The Morgan fingerprint density at radius 2 is 2.21 bits per heavy atom. The van der Waals surface area contributed by atoms with Gasteiger partial charge in [-0.3, -0.25) is 4.90 Å². The van der Waals surface area contributed by atoms with Gasteiger partial charge in [-0.1, -0.05) is 0 Å². The van der Waals surface area contributed by atoms with Crippen molar-refractivity contribution in [2.45, 2.75) is 33.3 Å². The summed E-state index contributed by atoms with van der Waals surface area (Å²) >= 11 is 0. The first-order valence-electron chi connectivity index (χ1n) is 4.69. The molecule has 0 spiro atoms. The molecule has 14 heavy (non-hydrogen) atoms. The Balaban J connectivity index is 2.57. The van der Waals surface area contributed by atoms with E-state index in [1.54, 1.807) is 6.20 Å². The average molecular weight is 199 g/mol. The molecule has 0 fully saturated rings. The first-order chi connectivity index (χ1) is 6.38. The lowest BCUT2D eigenvalue weighted by Gasteiger charge is -2.27. The van der Waals surface area contributed by atoms with Crippen LogP contribution in [-0.2, 0) is 9.47 Å². The molecule has 0 aliphatic carbocycles. The lowest BCUT2D eigenvalue weighted by atomic mass is 10.2. The van der Waals surface area contributed by atoms with E-state index in [9.17, 15) is 4.79 Å². The highest BCUT2D eigenvalue weighted by atomic mass is 16.6. The minimum absolute atomic E-state index is 0.319. The second kappa shape index (κ2) is 3.90. The Hall–Kier alpha value is -1.19. The molecule has 0 N–H and O–H groups in total. The van der Waals surface area contributed by atoms with Gasteiger partial charge in [0.1, 0.15) is 18.0 Å². The third kappa shape index (κ3) is 3.28. The first-order valence-corrected chi connectivity index (χ1v) is 4.69. The van der Waals surface area contributed by atoms with Crippen molar-refractivity contribution in [1.29, 1.82) is 0 Å². The summed E-state index contributed by atoms with van der Waals surface area (Å²) in [5.74, 6) is 0.738. The zero-order chi connectivity index (χ0) is 10.8. The fourth-order valence-corrected chi connectivity index (χ4v) is 1.09. The van der Waals surface area contributed by atoms with Gasteiger partial charge in [-0.05, 0) is 27.7 Å². The van der Waals surface area contributed by atoms with Gasteiger partial charge < -0.3 is 9.47 Å². The summed E-state index contributed by atoms with van der Waals surface area (Å²) in [6.07, 6.45) is 1.34. The maximum absolute atomic E-state index is 11.6. The topological polar surface area (TPSA) is 38.8 Å². The largest absolute Gasteiger partial charge is 0.495 e. The molecule has 80 valence electrons. The third-order valence-electron chi connectivity index (χ3n) is 1.63. The highest BCUT2D eigenvalue weighted by Gasteiger charge is 2.22. The average Bonchev–Trinajstić information content (AvgIpc) is 2.01. The predicted octanol–water partition coefficient (Wildman–Crippen LogP) is 2.12. The molecule has 1 aliphatic heterocycles. The van der Waals surface area contributed by atoms with Gasteiger partial charge in [-0.15, -0.1) is 0 Å². The standard InChI is InChI=1S/C10H17NO3/c1-8-7-11(5-6-13-8)9(12)14-10(2,3)4/h7H,5-6H2,1-4H3. The van der Waals surface area contributed by atoms with Gasteiger partial charge >= 0.3 is 6.09 Å². The molecule has 0 aromatic rings. The van der Waals surface area contributed by atoms with Crippen LogP contribution in [0.2, 0.25) is 0 Å². The maximum Gasteiger partial charge on any atom is 0.414 e. The van der Waals surface area contributed by atoms with Crippen molar-refractivity contribution in [3.8, 4) is 0 Å². The van der Waals surface area contributed by atoms with Crippen LogP contribution in [-0.4, -0.2) is 29.7 Å². The van der Waals surface area contributed by atoms with E-state index < -0.39 is 5.60 Å². The number of carbonyl (C=O) groups is 1. The van der Waals surface area contributed by atoms with Crippen LogP contribution in [0.3, 0.4) is 0 Å². The fourth-order valence-electron chi connectivity index (χ4n) is 1.09. The van der Waals surface area contributed by atoms with Gasteiger partial charge in [0.15, 0.2) is 0 Å². The summed E-state index contributed by atoms with van der Waals surface area (Å²) in [7, 11) is 0. The van der Waals surface area contributed by atoms with Crippen LogP contribution in [0.4, 0.5) is 4.79 Å². The van der Waals surface area contributed by atoms with Gasteiger partial charge in [0, 0.05) is 6.20 Å². The van der Waals surface area contributed by atoms with E-state index in [2.05, 4.69) is 0 Å². The minimum atomic E-state index is -0.447. The van der Waals surface area contributed by atoms with E-state index in [1.807, 2.05) is 27.7 Å². The molecular weight excluding hydrogens is 182 g/mol. The maximum atomic E-state index is 11.6. The second-order valence-corrected chi connectivity index (χ2v) is 4.26. The number of nitrogens with zero attached hydrogens (tertiary/aromatic N) is 1. The van der Waals surface area contributed by atoms with Crippen molar-refractivity contribution in [2.75, 3.05) is 13.2 Å². The van der Waals surface area contributed by atoms with E-state index in [0.29, 0.717) is 13.2 Å². The highest BCUT2D eigenvalue weighted by molar-refractivity contribution is 5.69. The van der Waals surface area contributed by atoms with Gasteiger partial charge in [0.25, 0.3) is 0 Å². The predicted molar refractivity (Wildman–Crippen MR) is 52.6 cm³/mol. The molecule has 0 radical (unpaired) electrons. The Labute approximate surface area is 84.5 Å². The number of rotatable bonds is 0. The molecule has 0 saturated heterocycles. The van der Waals surface area contributed by atoms with Crippen molar-refractivity contribution in [1.82, 2.24) is 4.90 Å². The van der Waals surface area contributed by atoms with Crippen molar-refractivity contribution in [3.63, 3.8) is 0 Å². The first kappa shape index (κ1) is 10.9. The zero-order valence-corrected chi connectivity index (χ0v) is 9.16. The van der Waals surface area contributed by atoms with Gasteiger partial charge in [-0.2, -0.15) is 0 Å². The molecule has 4 heteroatoms. The Morgan fingerprint density at radius 3 is 2.71 bits per heavy atom. The van der Waals surface area contributed by atoms with Gasteiger partial charge in [0.2, 0.25) is 0 Å². The van der Waals surface area contributed by atoms with Crippen LogP contribution >= 0.6 is 0 Å². The summed E-state index contributed by atoms with van der Waals surface area (Å²) in [5, 5.41) is 0. The molecule has 0 atom stereocenters. The fraction of sp³-hybridized carbons (Fsp3) is 0.700. The molecule has 0 saturated carbocycles. The lowest BCUT2D eigenvalue weighted by molar-refractivity contribution is 0.0247. The molecule has 1 heterocycles. The normalized spacial score (nSPS) is 17.1. The monoisotopic (exact) mass is 199 g/mol. The highest BCUT2D eigenvalue weighted by Crippen LogP contribution is 2.13. The second-order valence-electron chi connectivity index (χ2n) is 4.26. The van der Waals surface area contributed by atoms with Crippen LogP contribution in [0.1, 0.15) is 27.7 Å². The lowest BCUT2D eigenvalue weighted by Crippen LogP contribution is -2.37. The van der Waals surface area contributed by atoms with Crippen LogP contribution in [0, 0.1) is 0 Å². The Morgan fingerprint density at radius 1 is 1.57 bits per heavy atom. The smallest absolute Gasteiger partial charge is 0.414 e. The Kier molecular flexibility index (Phi) is 3.03. The summed E-state index contributed by atoms with van der Waals surface area (Å²) < 4.78 is 10.4. The SMILES string of the molecule is CC1=CN(C(=O)OC(C)(C)C)CCO1. The number of hydrogen-bond acceptors (Lipinski definition) is 3. The molecule has 0 aromatic carbocycles. The van der Waals surface area contributed by atoms with E-state index in [1.165, 1.54) is 4.90 Å². The summed E-state index contributed by atoms with van der Waals surface area (Å²) in [4.78, 5) is 13.1. The van der Waals surface area contributed by atoms with Crippen LogP contribution < -0.4 is 0 Å². The molecule has 0 unspecified atom stereocenters. The molecule has 0 aromatic heterocycles. The van der Waals surface area contributed by atoms with Crippen molar-refractivity contribution < 1.29 is 14.3 Å². The number of carbonyl (C=O) groups excluding carboxylic acids is 1. The Bertz CT molecular complexity index is 253. The van der Waals surface area contributed by atoms with Crippen LogP contribution in [0.5, 0.6) is 0 Å². The minimum Gasteiger partial charge on any atom is -0.495 e. The van der Waals surface area contributed by atoms with E-state index >= 15 is 0 Å². The molecular formula is C10H17NO3. The van der Waals surface area contributed by atoms with Crippen LogP contribution in [0.25, 0.3) is 0 Å². The van der Waals surface area contributed by atoms with Crippen molar-refractivity contribution >= 4 is 6.09 Å². The number of allylic oxidation sites excluding steroid dienone is 1. The number of ether oxygens (including phenoxy) is 2. The molecule has 4 nitrogen and oxygen atoms in total. The molecule has 1 rings (SSSR count). The summed E-state index contributed by atoms with van der Waals surface area (Å²) in [6, 6.07) is 0. The number of amides is 1. The number of hydrogen-bond donors (Lipinski definition) is 0. The van der Waals surface area contributed by atoms with E-state index in [0.717, 1.165) is 5.76 Å². The van der Waals surface area contributed by atoms with E-state index in [-0.39, 0.29) is 6.09 Å². The van der Waals surface area contributed by atoms with Crippen LogP contribution in [0.15, 0.2) is 12.0 Å². The van der Waals surface area contributed by atoms with Crippen molar-refractivity contribution in [2.24, 2.45) is 0 Å². The van der Waals surface area contributed by atoms with Crippen molar-refractivity contribution in [3.05, 3.63) is 12.0 Å². The molecule has 1 amide bonds. The zero-order valence-electron chi connectivity index (χ0n) is 9.16. The van der Waals surface area contributed by atoms with Gasteiger partial charge in [-0.25, -0.2) is 4.79 Å². The summed E-state index contributed by atoms with van der Waals surface area (Å²) in [6.45, 7) is 8.44. The van der Waals surface area contributed by atoms with Gasteiger partial charge in [0.05, 0.1) is 6.54 Å². The molecule has 1 aliphatic rings. The summed E-state index contributed by atoms with van der Waals surface area (Å²) in [5.41, 5.74) is -0.447. The third-order valence-corrected chi connectivity index (χ3v) is 1.63. The van der Waals surface area contributed by atoms with E-state index in [4.69, 9.17) is 9.47 Å². The quantitative estimate of drug-likeness (QED) is 0.599.